The third-order valence-electron chi connectivity index (χ3n) is 3.79. The predicted octanol–water partition coefficient (Wildman–Crippen LogP) is 4.10. The molecule has 6 heteroatoms. The molecule has 128 valence electrons. The van der Waals surface area contributed by atoms with Gasteiger partial charge in [0.1, 0.15) is 19.4 Å². The van der Waals surface area contributed by atoms with Crippen LogP contribution < -0.4 is 4.74 Å². The molecule has 0 fully saturated rings. The first-order chi connectivity index (χ1) is 11.5. The van der Waals surface area contributed by atoms with Crippen LogP contribution in [0.25, 0.3) is 16.8 Å². The summed E-state index contributed by atoms with van der Waals surface area (Å²) < 4.78 is 7.75. The molecule has 25 heavy (non-hydrogen) atoms. The number of hydrogen-bond acceptors (Lipinski definition) is 3. The number of imidazole rings is 1. The second-order valence-corrected chi connectivity index (χ2v) is 8.95. The molecule has 0 bridgehead atoms. The van der Waals surface area contributed by atoms with Crippen LogP contribution in [-0.2, 0) is 5.16 Å². The summed E-state index contributed by atoms with van der Waals surface area (Å²) >= 11 is 0. The van der Waals surface area contributed by atoms with E-state index in [0.29, 0.717) is 0 Å². The van der Waals surface area contributed by atoms with Gasteiger partial charge in [-0.15, -0.1) is 9.24 Å². The van der Waals surface area contributed by atoms with Crippen molar-refractivity contribution < 1.29 is 4.74 Å². The van der Waals surface area contributed by atoms with Crippen LogP contribution in [0.1, 0.15) is 39.2 Å². The van der Waals surface area contributed by atoms with Crippen molar-refractivity contribution in [1.82, 2.24) is 14.4 Å². The Morgan fingerprint density at radius 3 is 2.28 bits per heavy atom. The number of ether oxygens (including phenoxy) is 1. The third kappa shape index (κ3) is 3.87. The normalized spacial score (nSPS) is 12.6. The van der Waals surface area contributed by atoms with Gasteiger partial charge in [0.25, 0.3) is 0 Å². The molecule has 1 aromatic carbocycles. The van der Waals surface area contributed by atoms with E-state index in [1.165, 1.54) is 0 Å². The van der Waals surface area contributed by atoms with Gasteiger partial charge in [-0.1, -0.05) is 12.1 Å². The molecule has 2 radical (unpaired) electrons. The fourth-order valence-corrected chi connectivity index (χ4v) is 2.94. The number of aromatic nitrogens is 3. The zero-order valence-corrected chi connectivity index (χ0v) is 16.5. The smallest absolute Gasteiger partial charge is 0.159 e. The second kappa shape index (κ2) is 6.14. The number of benzene rings is 1. The van der Waals surface area contributed by atoms with E-state index in [2.05, 4.69) is 38.7 Å². The maximum Gasteiger partial charge on any atom is 0.159 e. The van der Waals surface area contributed by atoms with Crippen LogP contribution in [0.15, 0.2) is 36.7 Å². The minimum atomic E-state index is -0.699. The number of fused-ring (bicyclic) bond motifs is 1. The molecule has 2 aromatic heterocycles. The molecule has 0 aliphatic rings. The van der Waals surface area contributed by atoms with Gasteiger partial charge in [0, 0.05) is 23.1 Å². The van der Waals surface area contributed by atoms with E-state index in [1.54, 1.807) is 0 Å². The summed E-state index contributed by atoms with van der Waals surface area (Å²) in [5.74, 6) is 1.72. The maximum atomic E-state index is 5.89. The molecule has 1 atom stereocenters. The van der Waals surface area contributed by atoms with Gasteiger partial charge >= 0.3 is 0 Å². The maximum absolute atomic E-state index is 5.89. The molecule has 3 aromatic rings. The Labute approximate surface area is 152 Å². The highest BCUT2D eigenvalue weighted by Crippen LogP contribution is 2.32. The van der Waals surface area contributed by atoms with Gasteiger partial charge in [-0.05, 0) is 52.3 Å². The molecule has 0 saturated heterocycles. The van der Waals surface area contributed by atoms with Gasteiger partial charge in [-0.25, -0.2) is 9.97 Å². The van der Waals surface area contributed by atoms with E-state index in [-0.39, 0.29) is 5.16 Å². The van der Waals surface area contributed by atoms with Crippen LogP contribution in [0, 0.1) is 6.92 Å². The largest absolute Gasteiger partial charge is 0.498 e. The van der Waals surface area contributed by atoms with E-state index < -0.39 is 5.50 Å². The monoisotopic (exact) mass is 351 g/mol. The van der Waals surface area contributed by atoms with E-state index in [1.807, 2.05) is 51.2 Å². The van der Waals surface area contributed by atoms with Crippen LogP contribution in [-0.4, -0.2) is 27.7 Å². The summed E-state index contributed by atoms with van der Waals surface area (Å²) in [6.45, 7) is 9.89. The van der Waals surface area contributed by atoms with Gasteiger partial charge in [-0.3, -0.25) is 4.40 Å². The summed E-state index contributed by atoms with van der Waals surface area (Å²) in [5, 5.41) is -0.137. The van der Waals surface area contributed by atoms with Crippen molar-refractivity contribution in [3.05, 3.63) is 48.2 Å². The molecular weight excluding hydrogens is 328 g/mol. The first kappa shape index (κ1) is 17.9. The topological polar surface area (TPSA) is 39.4 Å². The second-order valence-electron chi connectivity index (χ2n) is 7.51. The number of rotatable bonds is 4. The Morgan fingerprint density at radius 2 is 1.72 bits per heavy atom. The van der Waals surface area contributed by atoms with Gasteiger partial charge < -0.3 is 4.74 Å². The first-order valence-electron chi connectivity index (χ1n) is 8.27. The molecular formula is C19H23BN3OP. The van der Waals surface area contributed by atoms with E-state index in [9.17, 15) is 0 Å². The molecule has 0 saturated carbocycles. The molecule has 0 aliphatic carbocycles. The van der Waals surface area contributed by atoms with Crippen LogP contribution in [0.4, 0.5) is 0 Å². The Kier molecular flexibility index (Phi) is 4.41. The third-order valence-corrected chi connectivity index (χ3v) is 4.05. The molecule has 3 rings (SSSR count). The Balaban J connectivity index is 2.02. The number of hydrogen-bond donors (Lipinski definition) is 0. The minimum absolute atomic E-state index is 0.137. The van der Waals surface area contributed by atoms with Crippen molar-refractivity contribution in [2.24, 2.45) is 0 Å². The molecule has 0 N–H and O–H groups in total. The molecule has 4 nitrogen and oxygen atoms in total. The van der Waals surface area contributed by atoms with Gasteiger partial charge in [-0.2, -0.15) is 0 Å². The first-order valence-corrected chi connectivity index (χ1v) is 8.85. The van der Waals surface area contributed by atoms with Crippen molar-refractivity contribution in [3.8, 4) is 16.9 Å². The zero-order valence-electron chi connectivity index (χ0n) is 15.4. The summed E-state index contributed by atoms with van der Waals surface area (Å²) in [4.78, 5) is 9.31. The van der Waals surface area contributed by atoms with E-state index in [0.717, 1.165) is 34.0 Å². The predicted molar refractivity (Wildman–Crippen MR) is 106 cm³/mol. The molecule has 0 aliphatic heterocycles. The van der Waals surface area contributed by atoms with Crippen LogP contribution in [0.2, 0.25) is 0 Å². The lowest BCUT2D eigenvalue weighted by Gasteiger charge is -2.22. The molecule has 0 spiro atoms. The van der Waals surface area contributed by atoms with E-state index >= 15 is 0 Å². The van der Waals surface area contributed by atoms with Crippen molar-refractivity contribution in [3.63, 3.8) is 0 Å². The summed E-state index contributed by atoms with van der Waals surface area (Å²) in [6.07, 6.45) is 3.97. The van der Waals surface area contributed by atoms with Crippen molar-refractivity contribution in [2.45, 2.75) is 45.3 Å². The quantitative estimate of drug-likeness (QED) is 0.525. The van der Waals surface area contributed by atoms with Crippen LogP contribution >= 0.6 is 9.24 Å². The highest BCUT2D eigenvalue weighted by molar-refractivity contribution is 7.18. The lowest BCUT2D eigenvalue weighted by atomic mass is 9.86. The molecule has 1 unspecified atom stereocenters. The highest BCUT2D eigenvalue weighted by Gasteiger charge is 2.22. The van der Waals surface area contributed by atoms with Gasteiger partial charge in [0.05, 0.1) is 11.2 Å². The van der Waals surface area contributed by atoms with Gasteiger partial charge in [0.15, 0.2) is 5.65 Å². The Hall–Kier alpha value is -1.87. The Morgan fingerprint density at radius 1 is 1.08 bits per heavy atom. The van der Waals surface area contributed by atoms with Crippen LogP contribution in [0.5, 0.6) is 5.75 Å². The van der Waals surface area contributed by atoms with Crippen LogP contribution in [0.3, 0.4) is 0 Å². The van der Waals surface area contributed by atoms with Crippen molar-refractivity contribution in [1.29, 1.82) is 0 Å². The minimum Gasteiger partial charge on any atom is -0.498 e. The fraction of sp³-hybridized carbons (Fsp3) is 0.368. The summed E-state index contributed by atoms with van der Waals surface area (Å²) in [6, 6.07) is 7.88. The number of nitrogens with zero attached hydrogens (tertiary/aromatic N) is 3. The lowest BCUT2D eigenvalue weighted by molar-refractivity contribution is 0.198. The van der Waals surface area contributed by atoms with Gasteiger partial charge in [0.2, 0.25) is 0 Å². The number of aryl methyl sites for hydroxylation is 1. The fourth-order valence-electron chi connectivity index (χ4n) is 2.74. The molecule has 0 amide bonds. The SMILES string of the molecule is [B]C(C)(C)Oc1ccc(-c2cnc3c(C)nc(C(C)(C)P)n3c2)cc1. The average Bonchev–Trinajstić information content (AvgIpc) is 2.83. The lowest BCUT2D eigenvalue weighted by Crippen LogP contribution is -2.27. The zero-order chi connectivity index (χ0) is 18.4. The Bertz CT molecular complexity index is 905. The van der Waals surface area contributed by atoms with Crippen molar-refractivity contribution >= 4 is 22.7 Å². The average molecular weight is 351 g/mol. The summed E-state index contributed by atoms with van der Waals surface area (Å²) in [5.41, 5.74) is 3.22. The molecule has 2 heterocycles. The summed E-state index contributed by atoms with van der Waals surface area (Å²) in [7, 11) is 8.74. The standard InChI is InChI=1S/C19H23BN3OP/c1-12-16-21-10-14(11-23(16)17(22-12)18(2,3)25)13-6-8-15(9-7-13)24-19(4,5)20/h6-11H,25H2,1-5H3. The highest BCUT2D eigenvalue weighted by atomic mass is 31.0. The van der Waals surface area contributed by atoms with Crippen molar-refractivity contribution in [2.75, 3.05) is 0 Å². The van der Waals surface area contributed by atoms with E-state index in [4.69, 9.17) is 17.6 Å².